The van der Waals surface area contributed by atoms with Gasteiger partial charge in [0.25, 0.3) is 0 Å². The standard InChI is InChI=1S/C19H28N2O5S/c1-12(2)11-14(20-18(25)26-19(3,4)5)15(22)21-16(17(23)24)27-13-9-7-6-8-10-13/h6-10,12,14,16H,11H2,1-5H3,(H,20,25)(H,21,22)(H,23,24)/t14-,16+/m0/s1. The minimum atomic E-state index is -1.17. The van der Waals surface area contributed by atoms with Gasteiger partial charge in [-0.05, 0) is 45.2 Å². The Morgan fingerprint density at radius 1 is 1.11 bits per heavy atom. The van der Waals surface area contributed by atoms with Crippen LogP contribution < -0.4 is 10.6 Å². The fraction of sp³-hybridized carbons (Fsp3) is 0.526. The summed E-state index contributed by atoms with van der Waals surface area (Å²) in [4.78, 5) is 36.9. The van der Waals surface area contributed by atoms with Crippen molar-refractivity contribution in [3.63, 3.8) is 0 Å². The molecule has 2 amide bonds. The lowest BCUT2D eigenvalue weighted by Crippen LogP contribution is -2.52. The lowest BCUT2D eigenvalue weighted by Gasteiger charge is -2.25. The summed E-state index contributed by atoms with van der Waals surface area (Å²) in [6.07, 6.45) is -0.362. The normalized spacial score (nSPS) is 13.6. The van der Waals surface area contributed by atoms with Gasteiger partial charge in [-0.25, -0.2) is 9.59 Å². The number of aliphatic carboxylic acids is 1. The van der Waals surface area contributed by atoms with Gasteiger partial charge in [-0.15, -0.1) is 0 Å². The molecule has 0 heterocycles. The summed E-state index contributed by atoms with van der Waals surface area (Å²) in [5.41, 5.74) is -0.699. The smallest absolute Gasteiger partial charge is 0.408 e. The lowest BCUT2D eigenvalue weighted by atomic mass is 10.0. The zero-order chi connectivity index (χ0) is 20.6. The third-order valence-electron chi connectivity index (χ3n) is 3.21. The number of ether oxygens (including phenoxy) is 1. The minimum absolute atomic E-state index is 0.112. The molecule has 0 aliphatic heterocycles. The highest BCUT2D eigenvalue weighted by molar-refractivity contribution is 8.00. The summed E-state index contributed by atoms with van der Waals surface area (Å²) in [5.74, 6) is -1.62. The fourth-order valence-corrected chi connectivity index (χ4v) is 3.02. The van der Waals surface area contributed by atoms with Crippen LogP contribution in [-0.2, 0) is 14.3 Å². The summed E-state index contributed by atoms with van der Waals surface area (Å²) in [5, 5.41) is 13.3. The molecular weight excluding hydrogens is 368 g/mol. The number of amides is 2. The molecule has 8 heteroatoms. The number of benzene rings is 1. The van der Waals surface area contributed by atoms with E-state index < -0.39 is 35.0 Å². The van der Waals surface area contributed by atoms with E-state index in [1.807, 2.05) is 19.9 Å². The Morgan fingerprint density at radius 2 is 1.70 bits per heavy atom. The molecular formula is C19H28N2O5S. The molecule has 1 aromatic rings. The van der Waals surface area contributed by atoms with E-state index in [0.717, 1.165) is 11.8 Å². The second-order valence-corrected chi connectivity index (χ2v) is 8.66. The van der Waals surface area contributed by atoms with Crippen LogP contribution in [0.25, 0.3) is 0 Å². The predicted octanol–water partition coefficient (Wildman–Crippen LogP) is 3.25. The Bertz CT molecular complexity index is 643. The van der Waals surface area contributed by atoms with E-state index in [-0.39, 0.29) is 5.92 Å². The van der Waals surface area contributed by atoms with Gasteiger partial charge in [-0.3, -0.25) is 4.79 Å². The number of carbonyl (C=O) groups is 3. The summed E-state index contributed by atoms with van der Waals surface area (Å²) in [6.45, 7) is 8.98. The maximum atomic E-state index is 12.6. The molecule has 0 fully saturated rings. The van der Waals surface area contributed by atoms with Crippen molar-refractivity contribution in [2.24, 2.45) is 5.92 Å². The van der Waals surface area contributed by atoms with Gasteiger partial charge in [-0.1, -0.05) is 43.8 Å². The molecule has 0 bridgehead atoms. The van der Waals surface area contributed by atoms with E-state index in [9.17, 15) is 19.5 Å². The average molecular weight is 397 g/mol. The van der Waals surface area contributed by atoms with Crippen molar-refractivity contribution in [1.29, 1.82) is 0 Å². The average Bonchev–Trinajstić information content (AvgIpc) is 2.52. The number of hydrogen-bond donors (Lipinski definition) is 3. The Kier molecular flexibility index (Phi) is 8.62. The summed E-state index contributed by atoms with van der Waals surface area (Å²) in [7, 11) is 0. The Morgan fingerprint density at radius 3 is 2.19 bits per heavy atom. The van der Waals surface area contributed by atoms with Gasteiger partial charge >= 0.3 is 12.1 Å². The fourth-order valence-electron chi connectivity index (χ4n) is 2.16. The van der Waals surface area contributed by atoms with Crippen LogP contribution in [0.1, 0.15) is 41.0 Å². The highest BCUT2D eigenvalue weighted by Crippen LogP contribution is 2.22. The number of carboxylic acids is 1. The number of hydrogen-bond acceptors (Lipinski definition) is 5. The van der Waals surface area contributed by atoms with Gasteiger partial charge in [0.05, 0.1) is 0 Å². The third-order valence-corrected chi connectivity index (χ3v) is 4.31. The van der Waals surface area contributed by atoms with Crippen molar-refractivity contribution in [3.8, 4) is 0 Å². The third kappa shape index (κ3) is 9.33. The molecule has 3 N–H and O–H groups in total. The van der Waals surface area contributed by atoms with E-state index in [0.29, 0.717) is 11.3 Å². The van der Waals surface area contributed by atoms with Crippen molar-refractivity contribution in [2.75, 3.05) is 0 Å². The number of nitrogens with one attached hydrogen (secondary N) is 2. The van der Waals surface area contributed by atoms with Crippen molar-refractivity contribution < 1.29 is 24.2 Å². The molecule has 0 radical (unpaired) electrons. The lowest BCUT2D eigenvalue weighted by molar-refractivity contribution is -0.139. The van der Waals surface area contributed by atoms with E-state index in [1.54, 1.807) is 45.0 Å². The zero-order valence-corrected chi connectivity index (χ0v) is 17.1. The largest absolute Gasteiger partial charge is 0.479 e. The molecule has 0 saturated heterocycles. The van der Waals surface area contributed by atoms with Gasteiger partial charge in [0.1, 0.15) is 11.6 Å². The maximum Gasteiger partial charge on any atom is 0.408 e. The number of carboxylic acid groups (broad SMARTS) is 1. The zero-order valence-electron chi connectivity index (χ0n) is 16.3. The first-order valence-corrected chi connectivity index (χ1v) is 9.60. The van der Waals surface area contributed by atoms with Crippen molar-refractivity contribution >= 4 is 29.7 Å². The monoisotopic (exact) mass is 396 g/mol. The molecule has 2 atom stereocenters. The van der Waals surface area contributed by atoms with Crippen LogP contribution in [0.15, 0.2) is 35.2 Å². The highest BCUT2D eigenvalue weighted by atomic mass is 32.2. The van der Waals surface area contributed by atoms with Crippen molar-refractivity contribution in [1.82, 2.24) is 10.6 Å². The highest BCUT2D eigenvalue weighted by Gasteiger charge is 2.29. The van der Waals surface area contributed by atoms with Gasteiger partial charge in [0, 0.05) is 4.90 Å². The molecule has 0 aromatic heterocycles. The van der Waals surface area contributed by atoms with Crippen LogP contribution in [0.4, 0.5) is 4.79 Å². The molecule has 0 aliphatic rings. The first kappa shape index (κ1) is 22.8. The quantitative estimate of drug-likeness (QED) is 0.460. The topological polar surface area (TPSA) is 105 Å². The summed E-state index contributed by atoms with van der Waals surface area (Å²) >= 11 is 1.01. The minimum Gasteiger partial charge on any atom is -0.479 e. The molecule has 0 spiro atoms. The first-order valence-electron chi connectivity index (χ1n) is 8.72. The SMILES string of the molecule is CC(C)C[C@H](NC(=O)OC(C)(C)C)C(=O)N[C@H](Sc1ccccc1)C(=O)O. The van der Waals surface area contributed by atoms with Crippen molar-refractivity contribution in [2.45, 2.75) is 63.0 Å². The van der Waals surface area contributed by atoms with Crippen LogP contribution in [0.2, 0.25) is 0 Å². The molecule has 1 rings (SSSR count). The first-order chi connectivity index (χ1) is 12.5. The molecule has 27 heavy (non-hydrogen) atoms. The molecule has 150 valence electrons. The Labute approximate surface area is 164 Å². The van der Waals surface area contributed by atoms with Crippen LogP contribution in [0.5, 0.6) is 0 Å². The predicted molar refractivity (Wildman–Crippen MR) is 104 cm³/mol. The Hall–Kier alpha value is -2.22. The number of rotatable bonds is 8. The van der Waals surface area contributed by atoms with Crippen LogP contribution in [0.3, 0.4) is 0 Å². The van der Waals surface area contributed by atoms with Crippen LogP contribution >= 0.6 is 11.8 Å². The molecule has 0 aliphatic carbocycles. The summed E-state index contributed by atoms with van der Waals surface area (Å²) < 4.78 is 5.20. The van der Waals surface area contributed by atoms with Gasteiger partial charge < -0.3 is 20.5 Å². The Balaban J connectivity index is 2.82. The van der Waals surface area contributed by atoms with Gasteiger partial charge in [0.2, 0.25) is 5.91 Å². The van der Waals surface area contributed by atoms with E-state index in [1.165, 1.54) is 0 Å². The maximum absolute atomic E-state index is 12.6. The second-order valence-electron chi connectivity index (χ2n) is 7.49. The van der Waals surface area contributed by atoms with Gasteiger partial charge in [0.15, 0.2) is 5.37 Å². The molecule has 0 saturated carbocycles. The number of thioether (sulfide) groups is 1. The van der Waals surface area contributed by atoms with Gasteiger partial charge in [-0.2, -0.15) is 0 Å². The number of alkyl carbamates (subject to hydrolysis) is 1. The molecule has 7 nitrogen and oxygen atoms in total. The molecule has 0 unspecified atom stereocenters. The van der Waals surface area contributed by atoms with Crippen LogP contribution in [0, 0.1) is 5.92 Å². The summed E-state index contributed by atoms with van der Waals surface area (Å²) in [6, 6.07) is 8.03. The van der Waals surface area contributed by atoms with E-state index in [4.69, 9.17) is 4.74 Å². The second kappa shape index (κ2) is 10.2. The van der Waals surface area contributed by atoms with E-state index in [2.05, 4.69) is 10.6 Å². The molecule has 1 aromatic carbocycles. The van der Waals surface area contributed by atoms with E-state index >= 15 is 0 Å². The van der Waals surface area contributed by atoms with Crippen molar-refractivity contribution in [3.05, 3.63) is 30.3 Å². The number of carbonyl (C=O) groups excluding carboxylic acids is 2. The van der Waals surface area contributed by atoms with Crippen LogP contribution in [-0.4, -0.2) is 40.1 Å².